The maximum atomic E-state index is 13.4. The van der Waals surface area contributed by atoms with Crippen molar-refractivity contribution in [2.45, 2.75) is 19.9 Å². The lowest BCUT2D eigenvalue weighted by molar-refractivity contribution is 0.0732. The fourth-order valence-electron chi connectivity index (χ4n) is 2.79. The number of aryl methyl sites for hydroxylation is 1. The number of amides is 1. The molecule has 4 rings (SSSR count). The summed E-state index contributed by atoms with van der Waals surface area (Å²) in [5.41, 5.74) is 0.850. The monoisotopic (exact) mass is 361 g/mol. The van der Waals surface area contributed by atoms with Gasteiger partial charge in [-0.1, -0.05) is 0 Å². The first-order valence-electron chi connectivity index (χ1n) is 7.66. The molecule has 1 aliphatic rings. The summed E-state index contributed by atoms with van der Waals surface area (Å²) >= 11 is 1.35. The Bertz CT molecular complexity index is 946. The summed E-state index contributed by atoms with van der Waals surface area (Å²) in [5.74, 6) is -0.680. The molecule has 25 heavy (non-hydrogen) atoms. The minimum atomic E-state index is -0.691. The molecule has 3 aromatic rings. The number of nitrogens with zero attached hydrogens (tertiary/aromatic N) is 3. The Labute approximate surface area is 145 Å². The minimum Gasteiger partial charge on any atom is -0.441 e. The van der Waals surface area contributed by atoms with Crippen LogP contribution in [-0.4, -0.2) is 27.3 Å². The molecule has 128 valence electrons. The van der Waals surface area contributed by atoms with Crippen LogP contribution in [-0.2, 0) is 13.0 Å². The number of rotatable bonds is 2. The average Bonchev–Trinajstić information content (AvgIpc) is 3.18. The van der Waals surface area contributed by atoms with E-state index in [1.54, 1.807) is 11.1 Å². The van der Waals surface area contributed by atoms with Gasteiger partial charge in [-0.05, 0) is 19.1 Å². The molecule has 0 N–H and O–H groups in total. The van der Waals surface area contributed by atoms with Crippen molar-refractivity contribution in [1.82, 2.24) is 14.9 Å². The first kappa shape index (κ1) is 15.9. The molecule has 0 bridgehead atoms. The van der Waals surface area contributed by atoms with Crippen LogP contribution in [0.2, 0.25) is 0 Å². The summed E-state index contributed by atoms with van der Waals surface area (Å²) in [6.07, 6.45) is 2.07. The van der Waals surface area contributed by atoms with Gasteiger partial charge >= 0.3 is 0 Å². The third-order valence-electron chi connectivity index (χ3n) is 3.96. The van der Waals surface area contributed by atoms with E-state index < -0.39 is 11.6 Å². The lowest BCUT2D eigenvalue weighted by Gasteiger charge is -2.24. The quantitative estimate of drug-likeness (QED) is 0.700. The molecule has 1 amide bonds. The van der Waals surface area contributed by atoms with Gasteiger partial charge in [-0.15, -0.1) is 11.3 Å². The van der Waals surface area contributed by atoms with Crippen LogP contribution in [0.15, 0.2) is 28.8 Å². The molecule has 0 saturated heterocycles. The topological polar surface area (TPSA) is 59.2 Å². The first-order valence-corrected chi connectivity index (χ1v) is 8.48. The number of aromatic nitrogens is 2. The average molecular weight is 361 g/mol. The number of carbonyl (C=O) groups is 1. The number of carbonyl (C=O) groups excluding carboxylic acids is 1. The fraction of sp³-hybridized carbons (Fsp3) is 0.235. The standard InChI is InChI=1S/C17H13F2N3O2S/c1-9-20-7-15(25-9)17(23)22-3-2-14-13(8-22)21-16(24-14)10-4-11(18)6-12(19)5-10/h4-7H,2-3,8H2,1H3. The summed E-state index contributed by atoms with van der Waals surface area (Å²) in [7, 11) is 0. The van der Waals surface area contributed by atoms with E-state index in [0.717, 1.165) is 11.1 Å². The number of thiazole rings is 1. The van der Waals surface area contributed by atoms with Gasteiger partial charge in [0.1, 0.15) is 28.0 Å². The number of hydrogen-bond donors (Lipinski definition) is 0. The third kappa shape index (κ3) is 3.05. The maximum Gasteiger partial charge on any atom is 0.265 e. The van der Waals surface area contributed by atoms with Gasteiger partial charge in [-0.3, -0.25) is 4.79 Å². The molecule has 1 aromatic carbocycles. The molecule has 1 aliphatic heterocycles. The van der Waals surface area contributed by atoms with E-state index in [1.165, 1.54) is 23.5 Å². The summed E-state index contributed by atoms with van der Waals surface area (Å²) in [6, 6.07) is 3.14. The zero-order valence-corrected chi connectivity index (χ0v) is 14.1. The van der Waals surface area contributed by atoms with Gasteiger partial charge in [-0.2, -0.15) is 0 Å². The lowest BCUT2D eigenvalue weighted by Crippen LogP contribution is -2.35. The smallest absolute Gasteiger partial charge is 0.265 e. The third-order valence-corrected chi connectivity index (χ3v) is 4.86. The van der Waals surface area contributed by atoms with Crippen LogP contribution in [0.4, 0.5) is 8.78 Å². The van der Waals surface area contributed by atoms with E-state index in [0.29, 0.717) is 35.8 Å². The molecule has 8 heteroatoms. The summed E-state index contributed by atoms with van der Waals surface area (Å²) in [4.78, 5) is 23.2. The van der Waals surface area contributed by atoms with E-state index in [4.69, 9.17) is 4.42 Å². The largest absolute Gasteiger partial charge is 0.441 e. The molecule has 0 saturated carbocycles. The Balaban J connectivity index is 1.60. The zero-order chi connectivity index (χ0) is 17.6. The van der Waals surface area contributed by atoms with Crippen LogP contribution in [0, 0.1) is 18.6 Å². The van der Waals surface area contributed by atoms with E-state index in [1.807, 2.05) is 6.92 Å². The van der Waals surface area contributed by atoms with Gasteiger partial charge in [0.25, 0.3) is 5.91 Å². The van der Waals surface area contributed by atoms with Crippen LogP contribution in [0.25, 0.3) is 11.5 Å². The van der Waals surface area contributed by atoms with Crippen LogP contribution in [0.3, 0.4) is 0 Å². The Kier molecular flexibility index (Phi) is 3.84. The highest BCUT2D eigenvalue weighted by Gasteiger charge is 2.27. The Morgan fingerprint density at radius 1 is 1.28 bits per heavy atom. The molecular formula is C17H13F2N3O2S. The van der Waals surface area contributed by atoms with E-state index in [-0.39, 0.29) is 17.4 Å². The van der Waals surface area contributed by atoms with Gasteiger partial charge in [-0.25, -0.2) is 18.7 Å². The molecule has 0 spiro atoms. The fourth-order valence-corrected chi connectivity index (χ4v) is 3.53. The van der Waals surface area contributed by atoms with Crippen molar-refractivity contribution in [3.63, 3.8) is 0 Å². The van der Waals surface area contributed by atoms with Gasteiger partial charge in [0.15, 0.2) is 0 Å². The number of benzene rings is 1. The number of hydrogen-bond acceptors (Lipinski definition) is 5. The van der Waals surface area contributed by atoms with E-state index in [2.05, 4.69) is 9.97 Å². The van der Waals surface area contributed by atoms with Gasteiger partial charge in [0.2, 0.25) is 5.89 Å². The molecular weight excluding hydrogens is 348 g/mol. The van der Waals surface area contributed by atoms with Crippen molar-refractivity contribution >= 4 is 17.2 Å². The minimum absolute atomic E-state index is 0.0994. The highest BCUT2D eigenvalue weighted by molar-refractivity contribution is 7.13. The second-order valence-electron chi connectivity index (χ2n) is 5.77. The van der Waals surface area contributed by atoms with Crippen molar-refractivity contribution in [2.24, 2.45) is 0 Å². The number of oxazole rings is 1. The Morgan fingerprint density at radius 3 is 2.72 bits per heavy atom. The van der Waals surface area contributed by atoms with Crippen LogP contribution in [0.1, 0.15) is 26.1 Å². The molecule has 0 atom stereocenters. The van der Waals surface area contributed by atoms with Crippen LogP contribution >= 0.6 is 11.3 Å². The van der Waals surface area contributed by atoms with Crippen molar-refractivity contribution < 1.29 is 18.0 Å². The van der Waals surface area contributed by atoms with Crippen molar-refractivity contribution in [3.8, 4) is 11.5 Å². The van der Waals surface area contributed by atoms with Crippen LogP contribution < -0.4 is 0 Å². The normalized spacial score (nSPS) is 13.8. The summed E-state index contributed by atoms with van der Waals surface area (Å²) in [5, 5.41) is 0.831. The maximum absolute atomic E-state index is 13.4. The lowest BCUT2D eigenvalue weighted by atomic mass is 10.1. The second-order valence-corrected chi connectivity index (χ2v) is 7.00. The van der Waals surface area contributed by atoms with Crippen molar-refractivity contribution in [3.05, 3.63) is 57.4 Å². The summed E-state index contributed by atoms with van der Waals surface area (Å²) < 4.78 is 32.4. The number of fused-ring (bicyclic) bond motifs is 1. The molecule has 2 aromatic heterocycles. The SMILES string of the molecule is Cc1ncc(C(=O)N2CCc3oc(-c4cc(F)cc(F)c4)nc3C2)s1. The van der Waals surface area contributed by atoms with Gasteiger partial charge < -0.3 is 9.32 Å². The number of halogens is 2. The highest BCUT2D eigenvalue weighted by Crippen LogP contribution is 2.28. The predicted octanol–water partition coefficient (Wildman–Crippen LogP) is 3.58. The first-order chi connectivity index (χ1) is 12.0. The Morgan fingerprint density at radius 2 is 2.04 bits per heavy atom. The molecule has 0 fully saturated rings. The van der Waals surface area contributed by atoms with Crippen molar-refractivity contribution in [2.75, 3.05) is 6.54 Å². The molecule has 5 nitrogen and oxygen atoms in total. The zero-order valence-electron chi connectivity index (χ0n) is 13.3. The molecule has 0 unspecified atom stereocenters. The highest BCUT2D eigenvalue weighted by atomic mass is 32.1. The predicted molar refractivity (Wildman–Crippen MR) is 87.2 cm³/mol. The molecule has 0 radical (unpaired) electrons. The Hall–Kier alpha value is -2.61. The molecule has 0 aliphatic carbocycles. The van der Waals surface area contributed by atoms with E-state index in [9.17, 15) is 13.6 Å². The van der Waals surface area contributed by atoms with Gasteiger partial charge in [0.05, 0.1) is 17.7 Å². The van der Waals surface area contributed by atoms with Crippen molar-refractivity contribution in [1.29, 1.82) is 0 Å². The summed E-state index contributed by atoms with van der Waals surface area (Å²) in [6.45, 7) is 2.64. The second kappa shape index (κ2) is 6.03. The van der Waals surface area contributed by atoms with Gasteiger partial charge in [0, 0.05) is 24.6 Å². The molecule has 3 heterocycles. The van der Waals surface area contributed by atoms with Crippen LogP contribution in [0.5, 0.6) is 0 Å². The van der Waals surface area contributed by atoms with E-state index >= 15 is 0 Å².